The first-order valence-electron chi connectivity index (χ1n) is 5.67. The first-order chi connectivity index (χ1) is 10.6. The van der Waals surface area contributed by atoms with E-state index in [-0.39, 0.29) is 95.8 Å². The van der Waals surface area contributed by atoms with E-state index in [0.29, 0.717) is 0 Å². The van der Waals surface area contributed by atoms with Gasteiger partial charge in [-0.25, -0.2) is 4.98 Å². The number of thiazole rings is 1. The van der Waals surface area contributed by atoms with Crippen LogP contribution in [0.3, 0.4) is 0 Å². The summed E-state index contributed by atoms with van der Waals surface area (Å²) in [6.07, 6.45) is -3.04. The van der Waals surface area contributed by atoms with Gasteiger partial charge in [-0.05, 0) is 23.9 Å². The zero-order valence-electron chi connectivity index (χ0n) is 12.3. The number of thioether (sulfide) groups is 1. The first kappa shape index (κ1) is 24.6. The molecule has 0 fully saturated rings. The van der Waals surface area contributed by atoms with Crippen molar-refractivity contribution in [3.8, 4) is 11.3 Å². The maximum atomic E-state index is 12.8. The minimum atomic E-state index is -4.62. The molecule has 2 rings (SSSR count). The van der Waals surface area contributed by atoms with Gasteiger partial charge in [-0.2, -0.15) is 32.6 Å². The van der Waals surface area contributed by atoms with E-state index >= 15 is 0 Å². The quantitative estimate of drug-likeness (QED) is 0.343. The smallest absolute Gasteiger partial charge is 0.796 e. The molecular formula is C12H9F6KN2S3. The summed E-state index contributed by atoms with van der Waals surface area (Å²) in [5, 5.41) is -0.258. The molecule has 0 bridgehead atoms. The number of hydrogen-bond acceptors (Lipinski definition) is 5. The maximum Gasteiger partial charge on any atom is 1.00 e. The van der Waals surface area contributed by atoms with Crippen LogP contribution in [0.2, 0.25) is 0 Å². The summed E-state index contributed by atoms with van der Waals surface area (Å²) >= 11 is 4.03. The molecule has 0 radical (unpaired) electrons. The fraction of sp³-hybridized carbons (Fsp3) is 0.250. The molecule has 0 atom stereocenters. The second kappa shape index (κ2) is 10.0. The predicted octanol–water partition coefficient (Wildman–Crippen LogP) is 2.19. The van der Waals surface area contributed by atoms with Gasteiger partial charge in [-0.1, -0.05) is 23.5 Å². The number of benzene rings is 1. The Balaban J connectivity index is 0.00000170. The molecule has 0 amide bonds. The van der Waals surface area contributed by atoms with Gasteiger partial charge in [0.25, 0.3) is 0 Å². The predicted molar refractivity (Wildman–Crippen MR) is 82.2 cm³/mol. The SMILES string of the molecule is C[S-].Nc1nc(-c2ccc(SC(F)(F)F)cc2)c(C(F)(F)F)s1.[K+]. The van der Waals surface area contributed by atoms with Crippen molar-refractivity contribution in [3.05, 3.63) is 29.1 Å². The molecule has 128 valence electrons. The van der Waals surface area contributed by atoms with Gasteiger partial charge < -0.3 is 18.4 Å². The number of rotatable bonds is 2. The Morgan fingerprint density at radius 1 is 1.04 bits per heavy atom. The molecule has 0 saturated heterocycles. The minimum absolute atomic E-state index is 0. The molecule has 0 spiro atoms. The van der Waals surface area contributed by atoms with Gasteiger partial charge in [0.15, 0.2) is 5.13 Å². The van der Waals surface area contributed by atoms with E-state index in [2.05, 4.69) is 17.6 Å². The third kappa shape index (κ3) is 7.44. The van der Waals surface area contributed by atoms with Gasteiger partial charge in [-0.15, -0.1) is 0 Å². The molecule has 0 unspecified atom stereocenters. The molecule has 1 aromatic heterocycles. The fourth-order valence-corrected chi connectivity index (χ4v) is 2.80. The molecule has 2 N–H and O–H groups in total. The van der Waals surface area contributed by atoms with E-state index < -0.39 is 16.6 Å². The Morgan fingerprint density at radius 3 is 1.96 bits per heavy atom. The summed E-state index contributed by atoms with van der Waals surface area (Å²) in [6.45, 7) is 0. The number of nitrogens with two attached hydrogens (primary N) is 1. The molecule has 0 aliphatic carbocycles. The van der Waals surface area contributed by atoms with Crippen molar-refractivity contribution in [2.45, 2.75) is 16.6 Å². The second-order valence-corrected chi connectivity index (χ2v) is 5.97. The number of nitrogens with zero attached hydrogens (tertiary/aromatic N) is 1. The topological polar surface area (TPSA) is 38.9 Å². The summed E-state index contributed by atoms with van der Waals surface area (Å²) < 4.78 is 75.0. The van der Waals surface area contributed by atoms with Gasteiger partial charge in [-0.3, -0.25) is 0 Å². The van der Waals surface area contributed by atoms with Crippen LogP contribution in [0, 0.1) is 0 Å². The Hall–Kier alpha value is 0.566. The van der Waals surface area contributed by atoms with E-state index in [1.165, 1.54) is 0 Å². The summed E-state index contributed by atoms with van der Waals surface area (Å²) in [5.41, 5.74) is 0.503. The van der Waals surface area contributed by atoms with Crippen LogP contribution in [-0.4, -0.2) is 16.7 Å². The monoisotopic (exact) mass is 430 g/mol. The minimum Gasteiger partial charge on any atom is -0.796 e. The van der Waals surface area contributed by atoms with E-state index in [0.717, 1.165) is 24.3 Å². The molecule has 1 aromatic carbocycles. The largest absolute Gasteiger partial charge is 1.00 e. The fourth-order valence-electron chi connectivity index (χ4n) is 1.54. The first-order valence-corrected chi connectivity index (χ1v) is 8.12. The molecular weight excluding hydrogens is 421 g/mol. The molecule has 0 saturated carbocycles. The van der Waals surface area contributed by atoms with Gasteiger partial charge in [0, 0.05) is 10.5 Å². The van der Waals surface area contributed by atoms with Crippen LogP contribution in [0.5, 0.6) is 0 Å². The number of nitrogen functional groups attached to an aromatic ring is 1. The normalized spacial score (nSPS) is 11.3. The number of hydrogen-bond donors (Lipinski definition) is 1. The van der Waals surface area contributed by atoms with Crippen molar-refractivity contribution >= 4 is 40.9 Å². The van der Waals surface area contributed by atoms with Crippen LogP contribution in [0.4, 0.5) is 31.5 Å². The molecule has 0 aliphatic rings. The Morgan fingerprint density at radius 2 is 1.54 bits per heavy atom. The van der Waals surface area contributed by atoms with E-state index in [4.69, 9.17) is 5.73 Å². The van der Waals surface area contributed by atoms with Crippen LogP contribution in [0.1, 0.15) is 4.88 Å². The molecule has 2 nitrogen and oxygen atoms in total. The van der Waals surface area contributed by atoms with Crippen LogP contribution in [0.25, 0.3) is 11.3 Å². The zero-order valence-corrected chi connectivity index (χ0v) is 17.9. The Labute approximate surface area is 190 Å². The van der Waals surface area contributed by atoms with Gasteiger partial charge in [0.2, 0.25) is 0 Å². The second-order valence-electron chi connectivity index (χ2n) is 3.80. The average molecular weight is 431 g/mol. The van der Waals surface area contributed by atoms with Crippen molar-refractivity contribution in [1.29, 1.82) is 0 Å². The molecule has 2 aromatic rings. The number of anilines is 1. The number of aromatic nitrogens is 1. The van der Waals surface area contributed by atoms with E-state index in [9.17, 15) is 26.3 Å². The molecule has 0 aliphatic heterocycles. The van der Waals surface area contributed by atoms with E-state index in [1.807, 2.05) is 0 Å². The van der Waals surface area contributed by atoms with Crippen LogP contribution in [-0.2, 0) is 18.8 Å². The standard InChI is InChI=1S/C11H6F6N2S2.CH4S.K/c12-10(13,14)8-7(19-9(18)20-8)5-1-3-6(4-2-5)21-11(15,16)17;1-2;/h1-4H,(H2,18,19);2H,1H3;/q;;+1/p-1. The third-order valence-corrected chi connectivity index (χ3v) is 3.93. The maximum absolute atomic E-state index is 12.8. The van der Waals surface area contributed by atoms with Gasteiger partial charge in [0.1, 0.15) is 4.88 Å². The van der Waals surface area contributed by atoms with Crippen molar-refractivity contribution in [1.82, 2.24) is 4.98 Å². The zero-order chi connectivity index (χ0) is 17.8. The van der Waals surface area contributed by atoms with Gasteiger partial charge in [0.05, 0.1) is 5.69 Å². The van der Waals surface area contributed by atoms with Crippen molar-refractivity contribution in [2.75, 3.05) is 12.0 Å². The average Bonchev–Trinajstić information content (AvgIpc) is 2.82. The Bertz CT molecular complexity index is 640. The summed E-state index contributed by atoms with van der Waals surface area (Å²) in [4.78, 5) is 2.50. The molecule has 1 heterocycles. The summed E-state index contributed by atoms with van der Waals surface area (Å²) in [6, 6.07) is 4.47. The number of alkyl halides is 6. The number of halogens is 6. The van der Waals surface area contributed by atoms with E-state index in [1.54, 1.807) is 6.26 Å². The van der Waals surface area contributed by atoms with Crippen LogP contribution in [0.15, 0.2) is 29.2 Å². The third-order valence-electron chi connectivity index (χ3n) is 2.26. The summed E-state index contributed by atoms with van der Waals surface area (Å²) in [7, 11) is 0. The molecule has 24 heavy (non-hydrogen) atoms. The van der Waals surface area contributed by atoms with Crippen molar-refractivity contribution < 1.29 is 77.7 Å². The van der Waals surface area contributed by atoms with Crippen LogP contribution >= 0.6 is 23.1 Å². The molecule has 12 heteroatoms. The Kier molecular flexibility index (Phi) is 10.3. The van der Waals surface area contributed by atoms with Gasteiger partial charge >= 0.3 is 63.1 Å². The van der Waals surface area contributed by atoms with Crippen molar-refractivity contribution in [2.24, 2.45) is 0 Å². The summed E-state index contributed by atoms with van der Waals surface area (Å²) in [5.74, 6) is 0. The van der Waals surface area contributed by atoms with Crippen molar-refractivity contribution in [3.63, 3.8) is 0 Å². The van der Waals surface area contributed by atoms with Crippen LogP contribution < -0.4 is 57.1 Å².